The molecular formula is C12H16ClN5. The minimum atomic E-state index is 0.524. The molecule has 0 radical (unpaired) electrons. The molecule has 96 valence electrons. The van der Waals surface area contributed by atoms with Crippen LogP contribution < -0.4 is 5.32 Å². The van der Waals surface area contributed by atoms with E-state index in [1.807, 2.05) is 26.4 Å². The summed E-state index contributed by atoms with van der Waals surface area (Å²) in [6, 6.07) is 0. The Labute approximate surface area is 111 Å². The molecular weight excluding hydrogens is 250 g/mol. The average Bonchev–Trinajstić information content (AvgIpc) is 2.75. The molecule has 2 aromatic heterocycles. The van der Waals surface area contributed by atoms with Crippen LogP contribution in [0.1, 0.15) is 18.1 Å². The Kier molecular flexibility index (Phi) is 4.15. The summed E-state index contributed by atoms with van der Waals surface area (Å²) in [5, 5.41) is 7.95. The predicted molar refractivity (Wildman–Crippen MR) is 71.8 cm³/mol. The van der Waals surface area contributed by atoms with Gasteiger partial charge in [-0.2, -0.15) is 5.10 Å². The third kappa shape index (κ3) is 2.98. The molecule has 0 aliphatic heterocycles. The highest BCUT2D eigenvalue weighted by Crippen LogP contribution is 2.19. The number of halogens is 1. The molecule has 0 fully saturated rings. The summed E-state index contributed by atoms with van der Waals surface area (Å²) in [7, 11) is 1.91. The van der Waals surface area contributed by atoms with E-state index in [2.05, 4.69) is 20.4 Å². The first kappa shape index (κ1) is 12.8. The van der Waals surface area contributed by atoms with E-state index >= 15 is 0 Å². The maximum atomic E-state index is 6.02. The average molecular weight is 266 g/mol. The van der Waals surface area contributed by atoms with Gasteiger partial charge in [-0.05, 0) is 18.4 Å². The number of nitrogens with zero attached hydrogens (tertiary/aromatic N) is 4. The lowest BCUT2D eigenvalue weighted by molar-refractivity contribution is 0.766. The fourth-order valence-corrected chi connectivity index (χ4v) is 2.05. The van der Waals surface area contributed by atoms with Crippen molar-refractivity contribution in [2.75, 3.05) is 11.9 Å². The van der Waals surface area contributed by atoms with Crippen LogP contribution in [0.25, 0.3) is 0 Å². The molecule has 6 heteroatoms. The number of aromatic nitrogens is 4. The zero-order chi connectivity index (χ0) is 13.0. The summed E-state index contributed by atoms with van der Waals surface area (Å²) >= 11 is 6.02. The van der Waals surface area contributed by atoms with Gasteiger partial charge in [0.1, 0.15) is 17.3 Å². The molecule has 1 N–H and O–H groups in total. The number of hydrogen-bond donors (Lipinski definition) is 1. The van der Waals surface area contributed by atoms with Crippen molar-refractivity contribution in [2.24, 2.45) is 7.05 Å². The topological polar surface area (TPSA) is 55.6 Å². The van der Waals surface area contributed by atoms with Gasteiger partial charge in [0.2, 0.25) is 0 Å². The zero-order valence-electron chi connectivity index (χ0n) is 10.5. The lowest BCUT2D eigenvalue weighted by Crippen LogP contribution is -2.09. The first-order valence-corrected chi connectivity index (χ1v) is 6.29. The Morgan fingerprint density at radius 1 is 1.39 bits per heavy atom. The quantitative estimate of drug-likeness (QED) is 0.841. The third-order valence-electron chi connectivity index (χ3n) is 2.71. The first-order valence-electron chi connectivity index (χ1n) is 5.91. The zero-order valence-corrected chi connectivity index (χ0v) is 11.3. The van der Waals surface area contributed by atoms with E-state index in [0.29, 0.717) is 5.15 Å². The molecule has 0 bridgehead atoms. The maximum absolute atomic E-state index is 6.02. The van der Waals surface area contributed by atoms with E-state index in [9.17, 15) is 0 Å². The van der Waals surface area contributed by atoms with Gasteiger partial charge < -0.3 is 5.32 Å². The van der Waals surface area contributed by atoms with Crippen LogP contribution in [-0.2, 0) is 19.9 Å². The van der Waals surface area contributed by atoms with Crippen molar-refractivity contribution >= 4 is 17.4 Å². The second kappa shape index (κ2) is 5.82. The third-order valence-corrected chi connectivity index (χ3v) is 3.04. The van der Waals surface area contributed by atoms with Gasteiger partial charge in [-0.3, -0.25) is 4.68 Å². The largest absolute Gasteiger partial charge is 0.369 e. The number of hydrogen-bond acceptors (Lipinski definition) is 4. The molecule has 0 aromatic carbocycles. The van der Waals surface area contributed by atoms with Gasteiger partial charge in [0, 0.05) is 25.4 Å². The van der Waals surface area contributed by atoms with Gasteiger partial charge in [0.05, 0.1) is 6.20 Å². The molecule has 0 atom stereocenters. The molecule has 2 heterocycles. The number of rotatable bonds is 5. The van der Waals surface area contributed by atoms with Crippen LogP contribution in [0.5, 0.6) is 0 Å². The second-order valence-electron chi connectivity index (χ2n) is 4.04. The van der Waals surface area contributed by atoms with Crippen molar-refractivity contribution in [3.63, 3.8) is 0 Å². The molecule has 18 heavy (non-hydrogen) atoms. The predicted octanol–water partition coefficient (Wildman–Crippen LogP) is 2.08. The summed E-state index contributed by atoms with van der Waals surface area (Å²) in [4.78, 5) is 8.20. The van der Waals surface area contributed by atoms with Crippen molar-refractivity contribution in [2.45, 2.75) is 19.8 Å². The molecule has 0 aliphatic rings. The number of anilines is 1. The maximum Gasteiger partial charge on any atom is 0.137 e. The molecule has 0 spiro atoms. The monoisotopic (exact) mass is 265 g/mol. The summed E-state index contributed by atoms with van der Waals surface area (Å²) in [5.41, 5.74) is 2.16. The van der Waals surface area contributed by atoms with Crippen molar-refractivity contribution in [1.82, 2.24) is 19.7 Å². The van der Waals surface area contributed by atoms with E-state index in [-0.39, 0.29) is 0 Å². The Hall–Kier alpha value is -1.62. The van der Waals surface area contributed by atoms with Crippen molar-refractivity contribution in [3.8, 4) is 0 Å². The van der Waals surface area contributed by atoms with Crippen molar-refractivity contribution < 1.29 is 0 Å². The van der Waals surface area contributed by atoms with Crippen LogP contribution in [0.2, 0.25) is 5.15 Å². The minimum absolute atomic E-state index is 0.524. The summed E-state index contributed by atoms with van der Waals surface area (Å²) in [6.07, 6.45) is 7.08. The lowest BCUT2D eigenvalue weighted by atomic mass is 10.2. The van der Waals surface area contributed by atoms with Crippen LogP contribution in [0, 0.1) is 0 Å². The Bertz CT molecular complexity index is 523. The van der Waals surface area contributed by atoms with Gasteiger partial charge in [0.15, 0.2) is 0 Å². The van der Waals surface area contributed by atoms with Crippen LogP contribution in [0.15, 0.2) is 18.7 Å². The first-order chi connectivity index (χ1) is 8.70. The number of aryl methyl sites for hydroxylation is 1. The molecule has 0 saturated heterocycles. The molecule has 0 saturated carbocycles. The summed E-state index contributed by atoms with van der Waals surface area (Å²) < 4.78 is 1.80. The lowest BCUT2D eigenvalue weighted by Gasteiger charge is -2.09. The molecule has 2 aromatic rings. The fraction of sp³-hybridized carbons (Fsp3) is 0.417. The van der Waals surface area contributed by atoms with E-state index in [4.69, 9.17) is 11.6 Å². The van der Waals surface area contributed by atoms with Gasteiger partial charge >= 0.3 is 0 Å². The highest BCUT2D eigenvalue weighted by molar-refractivity contribution is 6.30. The Balaban J connectivity index is 1.96. The van der Waals surface area contributed by atoms with Gasteiger partial charge in [0.25, 0.3) is 0 Å². The molecule has 2 rings (SSSR count). The van der Waals surface area contributed by atoms with E-state index in [0.717, 1.165) is 30.8 Å². The smallest absolute Gasteiger partial charge is 0.137 e. The van der Waals surface area contributed by atoms with Gasteiger partial charge in [-0.1, -0.05) is 18.5 Å². The van der Waals surface area contributed by atoms with E-state index in [1.165, 1.54) is 11.9 Å². The van der Waals surface area contributed by atoms with E-state index < -0.39 is 0 Å². The fourth-order valence-electron chi connectivity index (χ4n) is 1.78. The van der Waals surface area contributed by atoms with Gasteiger partial charge in [-0.25, -0.2) is 9.97 Å². The Morgan fingerprint density at radius 3 is 2.89 bits per heavy atom. The van der Waals surface area contributed by atoms with Crippen LogP contribution in [0.4, 0.5) is 5.82 Å². The SMILES string of the molecule is CCc1c(Cl)ncnc1NCCc1cnn(C)c1. The highest BCUT2D eigenvalue weighted by Gasteiger charge is 2.07. The second-order valence-corrected chi connectivity index (χ2v) is 4.40. The minimum Gasteiger partial charge on any atom is -0.369 e. The van der Waals surface area contributed by atoms with Crippen LogP contribution in [0.3, 0.4) is 0 Å². The molecule has 0 aliphatic carbocycles. The standard InChI is InChI=1S/C12H16ClN5/c1-3-10-11(13)15-8-16-12(10)14-5-4-9-6-17-18(2)7-9/h6-8H,3-5H2,1-2H3,(H,14,15,16). The van der Waals surface area contributed by atoms with Crippen LogP contribution in [-0.4, -0.2) is 26.3 Å². The summed E-state index contributed by atoms with van der Waals surface area (Å²) in [5.74, 6) is 0.821. The normalized spacial score (nSPS) is 10.6. The number of nitrogens with one attached hydrogen (secondary N) is 1. The van der Waals surface area contributed by atoms with Crippen molar-refractivity contribution in [1.29, 1.82) is 0 Å². The molecule has 0 amide bonds. The molecule has 0 unspecified atom stereocenters. The van der Waals surface area contributed by atoms with Gasteiger partial charge in [-0.15, -0.1) is 0 Å². The Morgan fingerprint density at radius 2 is 2.22 bits per heavy atom. The van der Waals surface area contributed by atoms with Crippen molar-refractivity contribution in [3.05, 3.63) is 35.0 Å². The summed E-state index contributed by atoms with van der Waals surface area (Å²) in [6.45, 7) is 2.84. The van der Waals surface area contributed by atoms with Crippen LogP contribution >= 0.6 is 11.6 Å². The molecule has 5 nitrogen and oxygen atoms in total. The van der Waals surface area contributed by atoms with E-state index in [1.54, 1.807) is 4.68 Å². The highest BCUT2D eigenvalue weighted by atomic mass is 35.5.